The van der Waals surface area contributed by atoms with Crippen molar-refractivity contribution in [1.29, 1.82) is 0 Å². The average molecular weight is 314 g/mol. The first-order valence-electron chi connectivity index (χ1n) is 7.33. The van der Waals surface area contributed by atoms with E-state index in [0.717, 1.165) is 11.3 Å². The highest BCUT2D eigenvalue weighted by molar-refractivity contribution is 5.91. The van der Waals surface area contributed by atoms with Gasteiger partial charge < -0.3 is 20.1 Å². The van der Waals surface area contributed by atoms with E-state index in [2.05, 4.69) is 10.6 Å². The first kappa shape index (κ1) is 16.7. The van der Waals surface area contributed by atoms with Crippen molar-refractivity contribution in [2.45, 2.75) is 19.4 Å². The number of hydrogen-bond donors (Lipinski definition) is 2. The van der Waals surface area contributed by atoms with Gasteiger partial charge in [0.15, 0.2) is 0 Å². The molecule has 2 aromatic carbocycles. The number of benzene rings is 2. The van der Waals surface area contributed by atoms with Gasteiger partial charge in [-0.2, -0.15) is 0 Å². The molecular formula is C18H22N2O3. The molecule has 0 unspecified atom stereocenters. The number of ether oxygens (including phenoxy) is 2. The van der Waals surface area contributed by atoms with Crippen LogP contribution < -0.4 is 20.1 Å². The lowest BCUT2D eigenvalue weighted by Gasteiger charge is -2.27. The maximum Gasteiger partial charge on any atom is 0.320 e. The predicted octanol–water partition coefficient (Wildman–Crippen LogP) is 3.76. The van der Waals surface area contributed by atoms with Crippen molar-refractivity contribution in [3.8, 4) is 11.5 Å². The topological polar surface area (TPSA) is 59.6 Å². The van der Waals surface area contributed by atoms with Gasteiger partial charge in [0.05, 0.1) is 25.4 Å². The molecule has 0 aliphatic rings. The number of methoxy groups -OCH3 is 2. The van der Waals surface area contributed by atoms with Crippen LogP contribution in [0.4, 0.5) is 10.5 Å². The van der Waals surface area contributed by atoms with E-state index >= 15 is 0 Å². The summed E-state index contributed by atoms with van der Waals surface area (Å²) in [5.74, 6) is 1.40. The zero-order chi connectivity index (χ0) is 16.9. The van der Waals surface area contributed by atoms with Gasteiger partial charge in [0.2, 0.25) is 0 Å². The molecule has 0 saturated carbocycles. The molecule has 0 spiro atoms. The molecule has 5 nitrogen and oxygen atoms in total. The summed E-state index contributed by atoms with van der Waals surface area (Å²) < 4.78 is 10.4. The van der Waals surface area contributed by atoms with Gasteiger partial charge in [0, 0.05) is 0 Å². The molecular weight excluding hydrogens is 292 g/mol. The molecule has 0 aliphatic heterocycles. The van der Waals surface area contributed by atoms with Crippen molar-refractivity contribution in [2.75, 3.05) is 19.5 Å². The summed E-state index contributed by atoms with van der Waals surface area (Å²) in [7, 11) is 3.19. The SMILES string of the molecule is COc1ccc(C(C)(C)NC(=O)Nc2ccccc2OC)cc1. The summed E-state index contributed by atoms with van der Waals surface area (Å²) in [5, 5.41) is 5.77. The van der Waals surface area contributed by atoms with Crippen molar-refractivity contribution < 1.29 is 14.3 Å². The smallest absolute Gasteiger partial charge is 0.320 e. The van der Waals surface area contributed by atoms with Crippen molar-refractivity contribution in [2.24, 2.45) is 0 Å². The molecule has 2 N–H and O–H groups in total. The summed E-state index contributed by atoms with van der Waals surface area (Å²) in [4.78, 5) is 12.3. The van der Waals surface area contributed by atoms with Gasteiger partial charge in [0.1, 0.15) is 11.5 Å². The lowest BCUT2D eigenvalue weighted by Crippen LogP contribution is -2.43. The lowest BCUT2D eigenvalue weighted by molar-refractivity contribution is 0.241. The monoisotopic (exact) mass is 314 g/mol. The Morgan fingerprint density at radius 2 is 1.61 bits per heavy atom. The molecule has 2 amide bonds. The van der Waals surface area contributed by atoms with Crippen LogP contribution in [0.1, 0.15) is 19.4 Å². The van der Waals surface area contributed by atoms with Gasteiger partial charge in [0.25, 0.3) is 0 Å². The lowest BCUT2D eigenvalue weighted by atomic mass is 9.94. The standard InChI is InChI=1S/C18H22N2O3/c1-18(2,13-9-11-14(22-3)12-10-13)20-17(21)19-15-7-5-6-8-16(15)23-4/h5-12H,1-4H3,(H2,19,20,21). The van der Waals surface area contributed by atoms with E-state index in [0.29, 0.717) is 11.4 Å². The Morgan fingerprint density at radius 3 is 2.22 bits per heavy atom. The number of anilines is 1. The fourth-order valence-electron chi connectivity index (χ4n) is 2.27. The van der Waals surface area contributed by atoms with E-state index in [-0.39, 0.29) is 6.03 Å². The van der Waals surface area contributed by atoms with Crippen LogP contribution in [0.2, 0.25) is 0 Å². The average Bonchev–Trinajstić information content (AvgIpc) is 2.55. The van der Waals surface area contributed by atoms with Crippen LogP contribution in [-0.2, 0) is 5.54 Å². The van der Waals surface area contributed by atoms with E-state index in [1.165, 1.54) is 0 Å². The largest absolute Gasteiger partial charge is 0.497 e. The van der Waals surface area contributed by atoms with Crippen molar-refractivity contribution in [3.05, 3.63) is 54.1 Å². The minimum Gasteiger partial charge on any atom is -0.497 e. The summed E-state index contributed by atoms with van der Waals surface area (Å²) in [6, 6.07) is 14.6. The maximum atomic E-state index is 12.3. The van der Waals surface area contributed by atoms with Crippen LogP contribution in [0.3, 0.4) is 0 Å². The third-order valence-corrected chi connectivity index (χ3v) is 3.59. The van der Waals surface area contributed by atoms with Crippen LogP contribution in [0.5, 0.6) is 11.5 Å². The Kier molecular flexibility index (Phi) is 5.11. The van der Waals surface area contributed by atoms with Gasteiger partial charge in [-0.05, 0) is 43.7 Å². The van der Waals surface area contributed by atoms with Gasteiger partial charge in [-0.15, -0.1) is 0 Å². The molecule has 2 rings (SSSR count). The van der Waals surface area contributed by atoms with Crippen LogP contribution in [-0.4, -0.2) is 20.3 Å². The Labute approximate surface area is 136 Å². The first-order chi connectivity index (χ1) is 11.0. The van der Waals surface area contributed by atoms with E-state index in [4.69, 9.17) is 9.47 Å². The number of nitrogens with one attached hydrogen (secondary N) is 2. The molecule has 0 radical (unpaired) electrons. The Hall–Kier alpha value is -2.69. The molecule has 0 bridgehead atoms. The number of rotatable bonds is 5. The fourth-order valence-corrected chi connectivity index (χ4v) is 2.27. The van der Waals surface area contributed by atoms with Gasteiger partial charge in [-0.3, -0.25) is 0 Å². The number of carbonyl (C=O) groups is 1. The summed E-state index contributed by atoms with van der Waals surface area (Å²) >= 11 is 0. The molecule has 0 aliphatic carbocycles. The second kappa shape index (κ2) is 7.05. The van der Waals surface area contributed by atoms with Gasteiger partial charge in [-0.1, -0.05) is 24.3 Å². The zero-order valence-electron chi connectivity index (χ0n) is 13.8. The third kappa shape index (κ3) is 4.16. The zero-order valence-corrected chi connectivity index (χ0v) is 13.8. The molecule has 0 fully saturated rings. The fraction of sp³-hybridized carbons (Fsp3) is 0.278. The molecule has 2 aromatic rings. The Morgan fingerprint density at radius 1 is 0.957 bits per heavy atom. The second-order valence-corrected chi connectivity index (χ2v) is 5.63. The molecule has 23 heavy (non-hydrogen) atoms. The van der Waals surface area contributed by atoms with E-state index in [9.17, 15) is 4.79 Å². The third-order valence-electron chi connectivity index (χ3n) is 3.59. The van der Waals surface area contributed by atoms with E-state index in [1.807, 2.05) is 50.2 Å². The van der Waals surface area contributed by atoms with Crippen molar-refractivity contribution >= 4 is 11.7 Å². The molecule has 0 aromatic heterocycles. The molecule has 5 heteroatoms. The highest BCUT2D eigenvalue weighted by Crippen LogP contribution is 2.25. The second-order valence-electron chi connectivity index (χ2n) is 5.63. The van der Waals surface area contributed by atoms with Crippen LogP contribution in [0.25, 0.3) is 0 Å². The highest BCUT2D eigenvalue weighted by atomic mass is 16.5. The van der Waals surface area contributed by atoms with Gasteiger partial charge >= 0.3 is 6.03 Å². The predicted molar refractivity (Wildman–Crippen MR) is 91.2 cm³/mol. The maximum absolute atomic E-state index is 12.3. The Bertz CT molecular complexity index is 666. The van der Waals surface area contributed by atoms with Crippen molar-refractivity contribution in [1.82, 2.24) is 5.32 Å². The molecule has 122 valence electrons. The first-order valence-corrected chi connectivity index (χ1v) is 7.33. The quantitative estimate of drug-likeness (QED) is 0.883. The number of hydrogen-bond acceptors (Lipinski definition) is 3. The summed E-state index contributed by atoms with van der Waals surface area (Å²) in [6.45, 7) is 3.88. The Balaban J connectivity index is 2.08. The van der Waals surface area contributed by atoms with Crippen LogP contribution >= 0.6 is 0 Å². The van der Waals surface area contributed by atoms with Crippen LogP contribution in [0, 0.1) is 0 Å². The highest BCUT2D eigenvalue weighted by Gasteiger charge is 2.23. The van der Waals surface area contributed by atoms with Gasteiger partial charge in [-0.25, -0.2) is 4.79 Å². The minimum absolute atomic E-state index is 0.296. The van der Waals surface area contributed by atoms with E-state index < -0.39 is 5.54 Å². The number of amides is 2. The number of urea groups is 1. The number of carbonyl (C=O) groups excluding carboxylic acids is 1. The normalized spacial score (nSPS) is 10.8. The summed E-state index contributed by atoms with van der Waals surface area (Å²) in [6.07, 6.45) is 0. The van der Waals surface area contributed by atoms with Crippen molar-refractivity contribution in [3.63, 3.8) is 0 Å². The minimum atomic E-state index is -0.529. The molecule has 0 heterocycles. The molecule has 0 atom stereocenters. The molecule has 0 saturated heterocycles. The van der Waals surface area contributed by atoms with E-state index in [1.54, 1.807) is 26.4 Å². The van der Waals surface area contributed by atoms with Crippen LogP contribution in [0.15, 0.2) is 48.5 Å². The number of para-hydroxylation sites is 2. The summed E-state index contributed by atoms with van der Waals surface area (Å²) in [5.41, 5.74) is 1.07.